The number of nitrogens with one attached hydrogen (secondary N) is 4. The van der Waals surface area contributed by atoms with Crippen LogP contribution >= 0.6 is 0 Å². The molecule has 1 aromatic heterocycles. The molecule has 15 heteroatoms. The summed E-state index contributed by atoms with van der Waals surface area (Å²) in [6.07, 6.45) is 5.08. The molecule has 15 nitrogen and oxygen atoms in total. The number of hydrogen-bond acceptors (Lipinski definition) is 8. The molecule has 13 N–H and O–H groups in total. The molecule has 0 aliphatic heterocycles. The van der Waals surface area contributed by atoms with Gasteiger partial charge < -0.3 is 49.0 Å². The van der Waals surface area contributed by atoms with E-state index in [1.165, 1.54) is 12.5 Å². The van der Waals surface area contributed by atoms with Crippen LogP contribution in [0.5, 0.6) is 0 Å². The number of amides is 3. The summed E-state index contributed by atoms with van der Waals surface area (Å²) in [5.74, 6) is -3.23. The van der Waals surface area contributed by atoms with Gasteiger partial charge in [0.2, 0.25) is 17.7 Å². The summed E-state index contributed by atoms with van der Waals surface area (Å²) in [5.41, 5.74) is 22.3. The van der Waals surface area contributed by atoms with Crippen molar-refractivity contribution in [3.63, 3.8) is 0 Å². The molecule has 0 aliphatic rings. The third-order valence-electron chi connectivity index (χ3n) is 4.92. The summed E-state index contributed by atoms with van der Waals surface area (Å²) in [7, 11) is 0. The van der Waals surface area contributed by atoms with Gasteiger partial charge in [-0.15, -0.1) is 0 Å². The molecule has 3 atom stereocenters. The maximum absolute atomic E-state index is 12.8. The molecule has 3 unspecified atom stereocenters. The van der Waals surface area contributed by atoms with E-state index in [2.05, 4.69) is 30.9 Å². The third kappa shape index (κ3) is 12.4. The highest BCUT2D eigenvalue weighted by Crippen LogP contribution is 2.03. The fraction of sp³-hybridized carbons (Fsp3) is 0.600. The molecule has 0 fully saturated rings. The van der Waals surface area contributed by atoms with Crippen molar-refractivity contribution >= 4 is 29.7 Å². The van der Waals surface area contributed by atoms with E-state index >= 15 is 0 Å². The second-order valence-electron chi connectivity index (χ2n) is 7.86. The van der Waals surface area contributed by atoms with E-state index in [1.54, 1.807) is 0 Å². The molecule has 0 saturated heterocycles. The first-order valence-electron chi connectivity index (χ1n) is 11.2. The second-order valence-corrected chi connectivity index (χ2v) is 7.86. The molecule has 0 saturated carbocycles. The standard InChI is InChI=1S/C20H36N10O5/c21-6-2-1-4-13(22)17(32)27-10-16(31)29-14(5-3-7-26-20(23)24)18(33)30-15(19(34)35)8-12-9-25-11-28-12/h9,11,13-15H,1-8,10,21-22H2,(H,25,28)(H,27,32)(H,29,31)(H,30,33)(H,34,35)(H4,23,24,26). The minimum atomic E-state index is -1.26. The molecule has 0 aromatic carbocycles. The summed E-state index contributed by atoms with van der Waals surface area (Å²) in [4.78, 5) is 59.3. The molecule has 0 bridgehead atoms. The van der Waals surface area contributed by atoms with E-state index in [0.29, 0.717) is 31.5 Å². The van der Waals surface area contributed by atoms with Crippen LogP contribution < -0.4 is 38.9 Å². The Morgan fingerprint density at radius 1 is 1.06 bits per heavy atom. The number of aromatic amines is 1. The Morgan fingerprint density at radius 3 is 2.40 bits per heavy atom. The summed E-state index contributed by atoms with van der Waals surface area (Å²) in [5, 5.41) is 16.8. The van der Waals surface area contributed by atoms with Crippen LogP contribution in [0.2, 0.25) is 0 Å². The first-order valence-corrected chi connectivity index (χ1v) is 11.2. The first kappa shape index (κ1) is 29.3. The number of carbonyl (C=O) groups excluding carboxylic acids is 3. The Hall–Kier alpha value is -3.72. The Labute approximate surface area is 202 Å². The van der Waals surface area contributed by atoms with Crippen molar-refractivity contribution in [1.82, 2.24) is 25.9 Å². The van der Waals surface area contributed by atoms with Gasteiger partial charge in [-0.05, 0) is 32.2 Å². The topological polar surface area (TPSA) is 270 Å². The van der Waals surface area contributed by atoms with Gasteiger partial charge in [0.05, 0.1) is 18.9 Å². The molecule has 3 amide bonds. The number of carboxylic acids is 1. The maximum atomic E-state index is 12.8. The van der Waals surface area contributed by atoms with Gasteiger partial charge in [0.25, 0.3) is 0 Å². The minimum Gasteiger partial charge on any atom is -0.480 e. The van der Waals surface area contributed by atoms with E-state index < -0.39 is 48.4 Å². The Morgan fingerprint density at radius 2 is 1.80 bits per heavy atom. The fourth-order valence-corrected chi connectivity index (χ4v) is 3.04. The number of carbonyl (C=O) groups is 4. The van der Waals surface area contributed by atoms with E-state index in [1.807, 2.05) is 0 Å². The number of H-pyrrole nitrogens is 1. The highest BCUT2D eigenvalue weighted by molar-refractivity contribution is 5.92. The average Bonchev–Trinajstić information content (AvgIpc) is 3.31. The number of imidazole rings is 1. The number of nitrogens with two attached hydrogens (primary N) is 4. The van der Waals surface area contributed by atoms with E-state index in [9.17, 15) is 24.3 Å². The van der Waals surface area contributed by atoms with Crippen molar-refractivity contribution in [2.45, 2.75) is 56.7 Å². The molecule has 0 radical (unpaired) electrons. The molecule has 0 spiro atoms. The lowest BCUT2D eigenvalue weighted by atomic mass is 10.1. The molecule has 196 valence electrons. The number of rotatable bonds is 17. The smallest absolute Gasteiger partial charge is 0.326 e. The second kappa shape index (κ2) is 16.0. The highest BCUT2D eigenvalue weighted by Gasteiger charge is 2.27. The van der Waals surface area contributed by atoms with Gasteiger partial charge in [-0.2, -0.15) is 0 Å². The molecule has 1 heterocycles. The van der Waals surface area contributed by atoms with Crippen molar-refractivity contribution in [2.75, 3.05) is 19.6 Å². The summed E-state index contributed by atoms with van der Waals surface area (Å²) < 4.78 is 0. The van der Waals surface area contributed by atoms with Crippen LogP contribution in [0.15, 0.2) is 17.5 Å². The Balaban J connectivity index is 2.72. The van der Waals surface area contributed by atoms with E-state index in [0.717, 1.165) is 6.42 Å². The normalized spacial score (nSPS) is 13.2. The van der Waals surface area contributed by atoms with Crippen LogP contribution in [0.1, 0.15) is 37.8 Å². The lowest BCUT2D eigenvalue weighted by Crippen LogP contribution is -2.54. The molecule has 1 aromatic rings. The largest absolute Gasteiger partial charge is 0.480 e. The van der Waals surface area contributed by atoms with Gasteiger partial charge in [-0.1, -0.05) is 6.42 Å². The van der Waals surface area contributed by atoms with Crippen molar-refractivity contribution in [2.24, 2.45) is 27.9 Å². The van der Waals surface area contributed by atoms with Gasteiger partial charge in [0.15, 0.2) is 5.96 Å². The van der Waals surface area contributed by atoms with Crippen LogP contribution in [0.4, 0.5) is 0 Å². The predicted molar refractivity (Wildman–Crippen MR) is 128 cm³/mol. The average molecular weight is 497 g/mol. The molecule has 0 aliphatic carbocycles. The van der Waals surface area contributed by atoms with E-state index in [4.69, 9.17) is 22.9 Å². The monoisotopic (exact) mass is 496 g/mol. The van der Waals surface area contributed by atoms with Crippen LogP contribution in [-0.2, 0) is 25.6 Å². The number of aliphatic carboxylic acids is 1. The number of aliphatic imine (C=N–C) groups is 1. The lowest BCUT2D eigenvalue weighted by Gasteiger charge is -2.21. The fourth-order valence-electron chi connectivity index (χ4n) is 3.04. The Bertz CT molecular complexity index is 841. The molecular weight excluding hydrogens is 460 g/mol. The summed E-state index contributed by atoms with van der Waals surface area (Å²) >= 11 is 0. The number of guanidine groups is 1. The van der Waals surface area contributed by atoms with Crippen molar-refractivity contribution < 1.29 is 24.3 Å². The predicted octanol–water partition coefficient (Wildman–Crippen LogP) is -3.37. The van der Waals surface area contributed by atoms with Crippen LogP contribution in [-0.4, -0.2) is 82.5 Å². The van der Waals surface area contributed by atoms with Gasteiger partial charge in [-0.25, -0.2) is 9.78 Å². The van der Waals surface area contributed by atoms with Gasteiger partial charge in [-0.3, -0.25) is 19.4 Å². The Kier molecular flexibility index (Phi) is 13.4. The lowest BCUT2D eigenvalue weighted by molar-refractivity contribution is -0.142. The van der Waals surface area contributed by atoms with Crippen molar-refractivity contribution in [3.05, 3.63) is 18.2 Å². The molecule has 35 heavy (non-hydrogen) atoms. The zero-order chi connectivity index (χ0) is 26.2. The number of aromatic nitrogens is 2. The SMILES string of the molecule is NCCCCC(N)C(=O)NCC(=O)NC(CCCN=C(N)N)C(=O)NC(Cc1cnc[nH]1)C(=O)O. The van der Waals surface area contributed by atoms with Crippen LogP contribution in [0.3, 0.4) is 0 Å². The molecule has 1 rings (SSSR count). The van der Waals surface area contributed by atoms with Gasteiger partial charge in [0.1, 0.15) is 12.1 Å². The number of hydrogen-bond donors (Lipinski definition) is 9. The van der Waals surface area contributed by atoms with Crippen LogP contribution in [0, 0.1) is 0 Å². The number of carboxylic acid groups (broad SMARTS) is 1. The zero-order valence-electron chi connectivity index (χ0n) is 19.5. The zero-order valence-corrected chi connectivity index (χ0v) is 19.5. The first-order chi connectivity index (χ1) is 16.6. The van der Waals surface area contributed by atoms with Gasteiger partial charge >= 0.3 is 5.97 Å². The third-order valence-corrected chi connectivity index (χ3v) is 4.92. The quantitative estimate of drug-likeness (QED) is 0.0586. The summed E-state index contributed by atoms with van der Waals surface area (Å²) in [6.45, 7) is 0.290. The van der Waals surface area contributed by atoms with Gasteiger partial charge in [0, 0.05) is 24.9 Å². The van der Waals surface area contributed by atoms with Crippen LogP contribution in [0.25, 0.3) is 0 Å². The number of nitrogens with zero attached hydrogens (tertiary/aromatic N) is 2. The molecular formula is C20H36N10O5. The van der Waals surface area contributed by atoms with Crippen molar-refractivity contribution in [1.29, 1.82) is 0 Å². The highest BCUT2D eigenvalue weighted by atomic mass is 16.4. The van der Waals surface area contributed by atoms with E-state index in [-0.39, 0.29) is 25.3 Å². The summed E-state index contributed by atoms with van der Waals surface area (Å²) in [6, 6.07) is -3.13. The maximum Gasteiger partial charge on any atom is 0.326 e. The number of unbranched alkanes of at least 4 members (excludes halogenated alkanes) is 1. The minimum absolute atomic E-state index is 0.0339. The van der Waals surface area contributed by atoms with Crippen molar-refractivity contribution in [3.8, 4) is 0 Å².